The number of rotatable bonds is 5. The maximum absolute atomic E-state index is 12.0. The van der Waals surface area contributed by atoms with Crippen LogP contribution in [-0.2, 0) is 11.2 Å². The Hall–Kier alpha value is -1.39. The molecule has 1 aliphatic heterocycles. The molecular formula is C16H25N3O. The fourth-order valence-electron chi connectivity index (χ4n) is 2.78. The van der Waals surface area contributed by atoms with E-state index >= 15 is 0 Å². The summed E-state index contributed by atoms with van der Waals surface area (Å²) in [6.07, 6.45) is 3.00. The molecule has 1 aromatic rings. The second kappa shape index (κ2) is 7.41. The van der Waals surface area contributed by atoms with Gasteiger partial charge >= 0.3 is 0 Å². The van der Waals surface area contributed by atoms with E-state index in [1.807, 2.05) is 30.3 Å². The van der Waals surface area contributed by atoms with Crippen molar-refractivity contribution < 1.29 is 4.79 Å². The Kier molecular flexibility index (Phi) is 5.56. The van der Waals surface area contributed by atoms with Crippen LogP contribution in [0.25, 0.3) is 0 Å². The average Bonchev–Trinajstić information content (AvgIpc) is 2.46. The predicted molar refractivity (Wildman–Crippen MR) is 81.4 cm³/mol. The number of hydrogen-bond donors (Lipinski definition) is 2. The van der Waals surface area contributed by atoms with Crippen molar-refractivity contribution in [1.29, 1.82) is 0 Å². The molecule has 2 atom stereocenters. The topological polar surface area (TPSA) is 58.4 Å². The van der Waals surface area contributed by atoms with Gasteiger partial charge in [-0.1, -0.05) is 30.3 Å². The molecule has 4 nitrogen and oxygen atoms in total. The number of amides is 1. The molecule has 1 aromatic carbocycles. The molecule has 3 N–H and O–H groups in total. The number of nitrogens with one attached hydrogen (secondary N) is 1. The highest BCUT2D eigenvalue weighted by Gasteiger charge is 2.19. The van der Waals surface area contributed by atoms with Crippen LogP contribution in [0.1, 0.15) is 18.4 Å². The summed E-state index contributed by atoms with van der Waals surface area (Å²) in [7, 11) is 2.13. The van der Waals surface area contributed by atoms with E-state index in [-0.39, 0.29) is 5.91 Å². The number of nitrogens with two attached hydrogens (primary N) is 1. The summed E-state index contributed by atoms with van der Waals surface area (Å²) >= 11 is 0. The van der Waals surface area contributed by atoms with E-state index in [2.05, 4.69) is 17.3 Å². The first-order chi connectivity index (χ1) is 9.65. The minimum atomic E-state index is -0.460. The van der Waals surface area contributed by atoms with Crippen molar-refractivity contribution in [3.05, 3.63) is 35.9 Å². The van der Waals surface area contributed by atoms with Crippen LogP contribution in [0.2, 0.25) is 0 Å². The van der Waals surface area contributed by atoms with E-state index in [4.69, 9.17) is 5.73 Å². The van der Waals surface area contributed by atoms with Crippen molar-refractivity contribution in [1.82, 2.24) is 10.2 Å². The van der Waals surface area contributed by atoms with Crippen molar-refractivity contribution in [2.75, 3.05) is 26.7 Å². The molecular weight excluding hydrogens is 250 g/mol. The third-order valence-electron chi connectivity index (χ3n) is 3.92. The summed E-state index contributed by atoms with van der Waals surface area (Å²) in [5, 5.41) is 3.00. The van der Waals surface area contributed by atoms with E-state index in [1.165, 1.54) is 12.8 Å². The molecule has 1 amide bonds. The Morgan fingerprint density at radius 2 is 2.20 bits per heavy atom. The Bertz CT molecular complexity index is 421. The van der Waals surface area contributed by atoms with Crippen LogP contribution in [-0.4, -0.2) is 43.5 Å². The van der Waals surface area contributed by atoms with Crippen LogP contribution in [0.3, 0.4) is 0 Å². The molecule has 0 bridgehead atoms. The lowest BCUT2D eigenvalue weighted by Gasteiger charge is -2.30. The SMILES string of the molecule is CN1CCCC(CNC(=O)C(N)Cc2ccccc2)C1. The smallest absolute Gasteiger partial charge is 0.237 e. The maximum Gasteiger partial charge on any atom is 0.237 e. The van der Waals surface area contributed by atoms with E-state index in [0.29, 0.717) is 12.3 Å². The van der Waals surface area contributed by atoms with Crippen molar-refractivity contribution >= 4 is 5.91 Å². The second-order valence-electron chi connectivity index (χ2n) is 5.81. The molecule has 110 valence electrons. The van der Waals surface area contributed by atoms with Gasteiger partial charge in [0.1, 0.15) is 0 Å². The number of carbonyl (C=O) groups is 1. The quantitative estimate of drug-likeness (QED) is 0.843. The molecule has 1 aliphatic rings. The van der Waals surface area contributed by atoms with Crippen LogP contribution >= 0.6 is 0 Å². The Balaban J connectivity index is 1.74. The standard InChI is InChI=1S/C16H25N3O/c1-19-9-5-8-14(12-19)11-18-16(20)15(17)10-13-6-3-2-4-7-13/h2-4,6-7,14-15H,5,8-12,17H2,1H3,(H,18,20). The number of piperidine rings is 1. The van der Waals surface area contributed by atoms with Crippen LogP contribution in [0, 0.1) is 5.92 Å². The third-order valence-corrected chi connectivity index (χ3v) is 3.92. The average molecular weight is 275 g/mol. The molecule has 0 aliphatic carbocycles. The highest BCUT2D eigenvalue weighted by molar-refractivity contribution is 5.81. The van der Waals surface area contributed by atoms with Crippen molar-refractivity contribution in [2.45, 2.75) is 25.3 Å². The molecule has 1 fully saturated rings. The van der Waals surface area contributed by atoms with Gasteiger partial charge in [0.05, 0.1) is 6.04 Å². The van der Waals surface area contributed by atoms with Gasteiger partial charge < -0.3 is 16.0 Å². The zero-order valence-electron chi connectivity index (χ0n) is 12.2. The van der Waals surface area contributed by atoms with Gasteiger partial charge in [-0.05, 0) is 44.3 Å². The summed E-state index contributed by atoms with van der Waals surface area (Å²) in [6, 6.07) is 9.45. The zero-order valence-corrected chi connectivity index (χ0v) is 12.2. The third kappa shape index (κ3) is 4.62. The number of carbonyl (C=O) groups excluding carboxylic acids is 1. The van der Waals surface area contributed by atoms with E-state index < -0.39 is 6.04 Å². The van der Waals surface area contributed by atoms with Gasteiger partial charge in [-0.3, -0.25) is 4.79 Å². The van der Waals surface area contributed by atoms with Gasteiger partial charge in [-0.25, -0.2) is 0 Å². The summed E-state index contributed by atoms with van der Waals surface area (Å²) in [6.45, 7) is 2.97. The highest BCUT2D eigenvalue weighted by atomic mass is 16.2. The minimum Gasteiger partial charge on any atom is -0.354 e. The summed E-state index contributed by atoms with van der Waals surface area (Å²) in [4.78, 5) is 14.3. The first kappa shape index (κ1) is 15.0. The van der Waals surface area contributed by atoms with Gasteiger partial charge in [0.25, 0.3) is 0 Å². The van der Waals surface area contributed by atoms with Gasteiger partial charge in [0.15, 0.2) is 0 Å². The molecule has 20 heavy (non-hydrogen) atoms. The van der Waals surface area contributed by atoms with Crippen LogP contribution < -0.4 is 11.1 Å². The van der Waals surface area contributed by atoms with Crippen LogP contribution in [0.5, 0.6) is 0 Å². The summed E-state index contributed by atoms with van der Waals surface area (Å²) in [5.41, 5.74) is 7.07. The van der Waals surface area contributed by atoms with Gasteiger partial charge in [0.2, 0.25) is 5.91 Å². The lowest BCUT2D eigenvalue weighted by Crippen LogP contribution is -2.45. The number of hydrogen-bond acceptors (Lipinski definition) is 3. The number of nitrogens with zero attached hydrogens (tertiary/aromatic N) is 1. The molecule has 0 radical (unpaired) electrons. The fourth-order valence-corrected chi connectivity index (χ4v) is 2.78. The first-order valence-corrected chi connectivity index (χ1v) is 7.41. The maximum atomic E-state index is 12.0. The monoisotopic (exact) mass is 275 g/mol. The molecule has 4 heteroatoms. The van der Waals surface area contributed by atoms with Crippen molar-refractivity contribution in [3.8, 4) is 0 Å². The van der Waals surface area contributed by atoms with Crippen molar-refractivity contribution in [3.63, 3.8) is 0 Å². The van der Waals surface area contributed by atoms with Gasteiger partial charge in [0, 0.05) is 13.1 Å². The second-order valence-corrected chi connectivity index (χ2v) is 5.81. The lowest BCUT2D eigenvalue weighted by atomic mass is 9.98. The largest absolute Gasteiger partial charge is 0.354 e. The Morgan fingerprint density at radius 3 is 2.90 bits per heavy atom. The molecule has 0 saturated carbocycles. The number of benzene rings is 1. The van der Waals surface area contributed by atoms with Gasteiger partial charge in [-0.2, -0.15) is 0 Å². The van der Waals surface area contributed by atoms with E-state index in [9.17, 15) is 4.79 Å². The predicted octanol–water partition coefficient (Wildman–Crippen LogP) is 1.01. The summed E-state index contributed by atoms with van der Waals surface area (Å²) < 4.78 is 0. The van der Waals surface area contributed by atoms with Gasteiger partial charge in [-0.15, -0.1) is 0 Å². The first-order valence-electron chi connectivity index (χ1n) is 7.41. The lowest BCUT2D eigenvalue weighted by molar-refractivity contribution is -0.122. The van der Waals surface area contributed by atoms with Crippen LogP contribution in [0.4, 0.5) is 0 Å². The highest BCUT2D eigenvalue weighted by Crippen LogP contribution is 2.13. The Labute approximate surface area is 121 Å². The zero-order chi connectivity index (χ0) is 14.4. The summed E-state index contributed by atoms with van der Waals surface area (Å²) in [5.74, 6) is 0.517. The number of likely N-dealkylation sites (tertiary alicyclic amines) is 1. The molecule has 2 unspecified atom stereocenters. The van der Waals surface area contributed by atoms with Crippen molar-refractivity contribution in [2.24, 2.45) is 11.7 Å². The van der Waals surface area contributed by atoms with E-state index in [1.54, 1.807) is 0 Å². The normalized spacial score (nSPS) is 21.4. The fraction of sp³-hybridized carbons (Fsp3) is 0.562. The Morgan fingerprint density at radius 1 is 1.45 bits per heavy atom. The minimum absolute atomic E-state index is 0.0397. The molecule has 2 rings (SSSR count). The molecule has 1 saturated heterocycles. The molecule has 0 spiro atoms. The molecule has 0 aromatic heterocycles. The van der Waals surface area contributed by atoms with E-state index in [0.717, 1.165) is 25.2 Å². The van der Waals surface area contributed by atoms with Crippen LogP contribution in [0.15, 0.2) is 30.3 Å². The molecule has 1 heterocycles.